The van der Waals surface area contributed by atoms with Crippen LogP contribution < -0.4 is 4.90 Å². The number of hydrogen-bond donors (Lipinski definition) is 0. The van der Waals surface area contributed by atoms with E-state index in [1.165, 1.54) is 31.9 Å². The highest BCUT2D eigenvalue weighted by Gasteiger charge is 2.28. The van der Waals surface area contributed by atoms with E-state index < -0.39 is 0 Å². The summed E-state index contributed by atoms with van der Waals surface area (Å²) in [5.74, 6) is 0.863. The zero-order valence-electron chi connectivity index (χ0n) is 14.3. The number of nitrogens with zero attached hydrogens (tertiary/aromatic N) is 5. The molecule has 0 atom stereocenters. The summed E-state index contributed by atoms with van der Waals surface area (Å²) in [4.78, 5) is 23.1. The highest BCUT2D eigenvalue weighted by Crippen LogP contribution is 2.24. The van der Waals surface area contributed by atoms with E-state index in [0.29, 0.717) is 17.9 Å². The summed E-state index contributed by atoms with van der Waals surface area (Å²) >= 11 is 0. The topological polar surface area (TPSA) is 63.5 Å². The number of anilines is 1. The summed E-state index contributed by atoms with van der Waals surface area (Å²) in [5.41, 5.74) is 0.529. The van der Waals surface area contributed by atoms with E-state index in [9.17, 15) is 4.79 Å². The van der Waals surface area contributed by atoms with Crippen LogP contribution in [0.2, 0.25) is 0 Å². The van der Waals surface area contributed by atoms with Gasteiger partial charge in [0.25, 0.3) is 0 Å². The maximum absolute atomic E-state index is 12.5. The number of pyridine rings is 1. The average molecular weight is 327 g/mol. The summed E-state index contributed by atoms with van der Waals surface area (Å²) in [5, 5.41) is 8.81. The maximum atomic E-state index is 12.5. The van der Waals surface area contributed by atoms with Crippen LogP contribution in [-0.4, -0.2) is 66.5 Å². The molecular formula is C18H25N5O. The maximum Gasteiger partial charge on any atom is 0.242 e. The standard InChI is InChI=1S/C18H25N5O/c1-21(17-7-6-15(12-19)13-20-17)14-18(24)23-10-8-22(9-11-23)16-4-2-3-5-16/h6-7,13,16H,2-5,8-11,14H2,1H3. The van der Waals surface area contributed by atoms with E-state index in [2.05, 4.69) is 16.0 Å². The third-order valence-corrected chi connectivity index (χ3v) is 5.15. The van der Waals surface area contributed by atoms with Gasteiger partial charge >= 0.3 is 0 Å². The Morgan fingerprint density at radius 3 is 2.58 bits per heavy atom. The third-order valence-electron chi connectivity index (χ3n) is 5.15. The smallest absolute Gasteiger partial charge is 0.242 e. The van der Waals surface area contributed by atoms with Crippen LogP contribution >= 0.6 is 0 Å². The van der Waals surface area contributed by atoms with E-state index in [1.54, 1.807) is 12.1 Å². The largest absolute Gasteiger partial charge is 0.350 e. The van der Waals surface area contributed by atoms with E-state index in [0.717, 1.165) is 32.2 Å². The lowest BCUT2D eigenvalue weighted by Crippen LogP contribution is -2.53. The van der Waals surface area contributed by atoms with Gasteiger partial charge < -0.3 is 9.80 Å². The summed E-state index contributed by atoms with van der Waals surface area (Å²) in [6.45, 7) is 3.96. The lowest BCUT2D eigenvalue weighted by atomic mass is 10.2. The van der Waals surface area contributed by atoms with Gasteiger partial charge in [-0.25, -0.2) is 4.98 Å². The minimum Gasteiger partial charge on any atom is -0.350 e. The van der Waals surface area contributed by atoms with Crippen molar-refractivity contribution in [1.29, 1.82) is 5.26 Å². The molecule has 2 heterocycles. The highest BCUT2D eigenvalue weighted by atomic mass is 16.2. The Balaban J connectivity index is 1.49. The first-order chi connectivity index (χ1) is 11.7. The molecule has 1 amide bonds. The Hall–Kier alpha value is -2.13. The van der Waals surface area contributed by atoms with Crippen LogP contribution in [0.1, 0.15) is 31.2 Å². The molecule has 2 fully saturated rings. The number of carbonyl (C=O) groups is 1. The van der Waals surface area contributed by atoms with Gasteiger partial charge in [-0.2, -0.15) is 5.26 Å². The van der Waals surface area contributed by atoms with Gasteiger partial charge in [0.15, 0.2) is 0 Å². The van der Waals surface area contributed by atoms with Crippen molar-refractivity contribution in [1.82, 2.24) is 14.8 Å². The molecule has 1 aromatic rings. The predicted octanol–water partition coefficient (Wildman–Crippen LogP) is 1.48. The Morgan fingerprint density at radius 2 is 2.00 bits per heavy atom. The van der Waals surface area contributed by atoms with E-state index in [-0.39, 0.29) is 5.91 Å². The number of nitriles is 1. The molecule has 1 saturated carbocycles. The highest BCUT2D eigenvalue weighted by molar-refractivity contribution is 5.81. The Kier molecular flexibility index (Phi) is 5.31. The molecule has 6 heteroatoms. The third kappa shape index (κ3) is 3.85. The van der Waals surface area contributed by atoms with Crippen LogP contribution in [-0.2, 0) is 4.79 Å². The van der Waals surface area contributed by atoms with Crippen LogP contribution in [0.4, 0.5) is 5.82 Å². The van der Waals surface area contributed by atoms with Gasteiger partial charge in [-0.1, -0.05) is 12.8 Å². The van der Waals surface area contributed by atoms with Crippen molar-refractivity contribution in [2.24, 2.45) is 0 Å². The molecule has 3 rings (SSSR count). The van der Waals surface area contributed by atoms with Gasteiger partial charge in [0.2, 0.25) is 5.91 Å². The minimum atomic E-state index is 0.148. The Morgan fingerprint density at radius 1 is 1.29 bits per heavy atom. The second-order valence-corrected chi connectivity index (χ2v) is 6.73. The fourth-order valence-electron chi connectivity index (χ4n) is 3.67. The van der Waals surface area contributed by atoms with Crippen molar-refractivity contribution in [2.75, 3.05) is 44.7 Å². The molecule has 1 aromatic heterocycles. The molecule has 1 aliphatic carbocycles. The van der Waals surface area contributed by atoms with Crippen LogP contribution in [0.25, 0.3) is 0 Å². The molecule has 2 aliphatic rings. The number of hydrogen-bond acceptors (Lipinski definition) is 5. The van der Waals surface area contributed by atoms with Crippen molar-refractivity contribution in [3.05, 3.63) is 23.9 Å². The zero-order valence-corrected chi connectivity index (χ0v) is 14.3. The van der Waals surface area contributed by atoms with E-state index in [1.807, 2.05) is 16.8 Å². The van der Waals surface area contributed by atoms with Gasteiger partial charge in [0, 0.05) is 45.5 Å². The fourth-order valence-corrected chi connectivity index (χ4v) is 3.67. The molecular weight excluding hydrogens is 302 g/mol. The first-order valence-corrected chi connectivity index (χ1v) is 8.76. The Labute approximate surface area is 143 Å². The van der Waals surface area contributed by atoms with E-state index >= 15 is 0 Å². The van der Waals surface area contributed by atoms with Gasteiger partial charge in [0.05, 0.1) is 12.1 Å². The average Bonchev–Trinajstić information content (AvgIpc) is 3.16. The molecule has 0 unspecified atom stereocenters. The number of aromatic nitrogens is 1. The van der Waals surface area contributed by atoms with E-state index in [4.69, 9.17) is 5.26 Å². The minimum absolute atomic E-state index is 0.148. The molecule has 1 aliphatic heterocycles. The van der Waals surface area contributed by atoms with Crippen molar-refractivity contribution in [3.63, 3.8) is 0 Å². The molecule has 1 saturated heterocycles. The SMILES string of the molecule is CN(CC(=O)N1CCN(C2CCCC2)CC1)c1ccc(C#N)cn1. The first-order valence-electron chi connectivity index (χ1n) is 8.76. The molecule has 0 radical (unpaired) electrons. The zero-order chi connectivity index (χ0) is 16.9. The molecule has 0 N–H and O–H groups in total. The summed E-state index contributed by atoms with van der Waals surface area (Å²) in [6.07, 6.45) is 6.89. The summed E-state index contributed by atoms with van der Waals surface area (Å²) in [6, 6.07) is 6.30. The van der Waals surface area contributed by atoms with Crippen LogP contribution in [0.5, 0.6) is 0 Å². The van der Waals surface area contributed by atoms with Crippen molar-refractivity contribution in [2.45, 2.75) is 31.7 Å². The predicted molar refractivity (Wildman–Crippen MR) is 92.6 cm³/mol. The van der Waals surface area contributed by atoms with Gasteiger partial charge in [-0.15, -0.1) is 0 Å². The van der Waals surface area contributed by atoms with Gasteiger partial charge in [0.1, 0.15) is 11.9 Å². The second kappa shape index (κ2) is 7.63. The van der Waals surface area contributed by atoms with Crippen LogP contribution in [0.15, 0.2) is 18.3 Å². The number of amides is 1. The summed E-state index contributed by atoms with van der Waals surface area (Å²) < 4.78 is 0. The number of piperazine rings is 1. The van der Waals surface area contributed by atoms with Crippen LogP contribution in [0.3, 0.4) is 0 Å². The second-order valence-electron chi connectivity index (χ2n) is 6.73. The fraction of sp³-hybridized carbons (Fsp3) is 0.611. The molecule has 24 heavy (non-hydrogen) atoms. The lowest BCUT2D eigenvalue weighted by molar-refractivity contribution is -0.131. The number of rotatable bonds is 4. The van der Waals surface area contributed by atoms with Crippen molar-refractivity contribution < 1.29 is 4.79 Å². The van der Waals surface area contributed by atoms with Gasteiger partial charge in [-0.3, -0.25) is 9.69 Å². The molecule has 0 bridgehead atoms. The van der Waals surface area contributed by atoms with Crippen molar-refractivity contribution >= 4 is 11.7 Å². The first kappa shape index (κ1) is 16.7. The van der Waals surface area contributed by atoms with Gasteiger partial charge in [-0.05, 0) is 25.0 Å². The normalized spacial score (nSPS) is 19.2. The lowest BCUT2D eigenvalue weighted by Gasteiger charge is -2.38. The molecule has 6 nitrogen and oxygen atoms in total. The monoisotopic (exact) mass is 327 g/mol. The van der Waals surface area contributed by atoms with Crippen LogP contribution in [0, 0.1) is 11.3 Å². The number of likely N-dealkylation sites (N-methyl/N-ethyl adjacent to an activating group) is 1. The van der Waals surface area contributed by atoms with Crippen molar-refractivity contribution in [3.8, 4) is 6.07 Å². The Bertz CT molecular complexity index is 595. The molecule has 128 valence electrons. The summed E-state index contributed by atoms with van der Waals surface area (Å²) in [7, 11) is 1.86. The quantitative estimate of drug-likeness (QED) is 0.838. The molecule has 0 aromatic carbocycles. The number of carbonyl (C=O) groups excluding carboxylic acids is 1. The molecule has 0 spiro atoms.